The molecule has 0 aliphatic rings. The molecule has 0 aliphatic heterocycles. The lowest BCUT2D eigenvalue weighted by molar-refractivity contribution is 0.414. The van der Waals surface area contributed by atoms with Gasteiger partial charge in [-0.15, -0.1) is 11.3 Å². The Balaban J connectivity index is 2.13. The minimum atomic E-state index is 0.350. The van der Waals surface area contributed by atoms with Gasteiger partial charge in [-0.25, -0.2) is 0 Å². The summed E-state index contributed by atoms with van der Waals surface area (Å²) >= 11 is 5.40. The molecule has 1 aromatic heterocycles. The van der Waals surface area contributed by atoms with Crippen LogP contribution in [-0.4, -0.2) is 14.2 Å². The van der Waals surface area contributed by atoms with E-state index in [1.165, 1.54) is 19.8 Å². The fraction of sp³-hybridized carbons (Fsp3) is 0.333. The molecule has 0 fully saturated rings. The Morgan fingerprint density at radius 1 is 1.32 bits per heavy atom. The van der Waals surface area contributed by atoms with Crippen molar-refractivity contribution in [3.63, 3.8) is 0 Å². The summed E-state index contributed by atoms with van der Waals surface area (Å²) in [7, 11) is 3.70. The third kappa shape index (κ3) is 3.59. The van der Waals surface area contributed by atoms with Gasteiger partial charge in [0.2, 0.25) is 0 Å². The van der Waals surface area contributed by atoms with E-state index < -0.39 is 0 Å². The summed E-state index contributed by atoms with van der Waals surface area (Å²) < 4.78 is 6.40. The highest BCUT2D eigenvalue weighted by Gasteiger charge is 2.14. The van der Waals surface area contributed by atoms with E-state index >= 15 is 0 Å². The maximum absolute atomic E-state index is 5.18. The summed E-state index contributed by atoms with van der Waals surface area (Å²) in [6.07, 6.45) is 0.979. The number of hydrogen-bond donors (Lipinski definition) is 1. The zero-order valence-electron chi connectivity index (χ0n) is 11.4. The molecule has 0 bridgehead atoms. The minimum absolute atomic E-state index is 0.350. The van der Waals surface area contributed by atoms with Crippen molar-refractivity contribution >= 4 is 27.3 Å². The molecule has 1 N–H and O–H groups in total. The van der Waals surface area contributed by atoms with E-state index in [9.17, 15) is 0 Å². The number of thiophene rings is 1. The van der Waals surface area contributed by atoms with E-state index in [0.717, 1.165) is 12.2 Å². The van der Waals surface area contributed by atoms with Crippen molar-refractivity contribution in [3.8, 4) is 5.75 Å². The van der Waals surface area contributed by atoms with Gasteiger partial charge < -0.3 is 10.1 Å². The Morgan fingerprint density at radius 2 is 2.00 bits per heavy atom. The molecule has 0 spiro atoms. The van der Waals surface area contributed by atoms with Crippen LogP contribution in [0.2, 0.25) is 0 Å². The summed E-state index contributed by atoms with van der Waals surface area (Å²) in [6, 6.07) is 10.9. The zero-order chi connectivity index (χ0) is 13.8. The summed E-state index contributed by atoms with van der Waals surface area (Å²) in [4.78, 5) is 1.36. The summed E-state index contributed by atoms with van der Waals surface area (Å²) in [5.74, 6) is 0.902. The summed E-state index contributed by atoms with van der Waals surface area (Å²) in [5.41, 5.74) is 2.61. The average molecular weight is 340 g/mol. The van der Waals surface area contributed by atoms with Crippen molar-refractivity contribution in [2.45, 2.75) is 19.4 Å². The first-order chi connectivity index (χ1) is 9.13. The number of rotatable bonds is 5. The van der Waals surface area contributed by atoms with Gasteiger partial charge in [0.1, 0.15) is 5.75 Å². The molecule has 0 saturated carbocycles. The van der Waals surface area contributed by atoms with E-state index in [1.807, 2.05) is 19.2 Å². The smallest absolute Gasteiger partial charge is 0.118 e. The molecule has 2 rings (SSSR count). The van der Waals surface area contributed by atoms with Crippen LogP contribution in [-0.2, 0) is 6.42 Å². The molecule has 102 valence electrons. The van der Waals surface area contributed by atoms with Crippen molar-refractivity contribution in [1.29, 1.82) is 0 Å². The first-order valence-electron chi connectivity index (χ1n) is 6.20. The number of benzene rings is 1. The molecule has 0 amide bonds. The molecular formula is C15H18BrNOS. The molecular weight excluding hydrogens is 322 g/mol. The number of ether oxygens (including phenoxy) is 1. The van der Waals surface area contributed by atoms with Crippen LogP contribution in [0.3, 0.4) is 0 Å². The maximum Gasteiger partial charge on any atom is 0.118 e. The van der Waals surface area contributed by atoms with Crippen LogP contribution in [0.25, 0.3) is 0 Å². The van der Waals surface area contributed by atoms with E-state index in [2.05, 4.69) is 46.4 Å². The van der Waals surface area contributed by atoms with Gasteiger partial charge in [0, 0.05) is 10.9 Å². The molecule has 0 saturated heterocycles. The van der Waals surface area contributed by atoms with Gasteiger partial charge in [-0.1, -0.05) is 12.1 Å². The Hall–Kier alpha value is -0.840. The molecule has 0 radical (unpaired) electrons. The van der Waals surface area contributed by atoms with Gasteiger partial charge in [-0.3, -0.25) is 0 Å². The third-order valence-electron chi connectivity index (χ3n) is 3.17. The van der Waals surface area contributed by atoms with Gasteiger partial charge in [-0.2, -0.15) is 0 Å². The number of hydrogen-bond acceptors (Lipinski definition) is 3. The van der Waals surface area contributed by atoms with Gasteiger partial charge in [0.15, 0.2) is 0 Å². The van der Waals surface area contributed by atoms with Crippen molar-refractivity contribution in [2.75, 3.05) is 14.2 Å². The van der Waals surface area contributed by atoms with E-state index in [4.69, 9.17) is 4.74 Å². The van der Waals surface area contributed by atoms with Crippen molar-refractivity contribution < 1.29 is 4.74 Å². The molecule has 2 nitrogen and oxygen atoms in total. The van der Waals surface area contributed by atoms with E-state index in [1.54, 1.807) is 18.4 Å². The lowest BCUT2D eigenvalue weighted by Gasteiger charge is -2.14. The Labute approximate surface area is 126 Å². The zero-order valence-corrected chi connectivity index (χ0v) is 13.8. The van der Waals surface area contributed by atoms with Crippen LogP contribution in [0.1, 0.15) is 22.0 Å². The second kappa shape index (κ2) is 6.55. The highest BCUT2D eigenvalue weighted by atomic mass is 79.9. The van der Waals surface area contributed by atoms with E-state index in [-0.39, 0.29) is 0 Å². The number of aryl methyl sites for hydroxylation is 1. The molecule has 1 unspecified atom stereocenters. The monoisotopic (exact) mass is 339 g/mol. The van der Waals surface area contributed by atoms with Crippen LogP contribution in [0.4, 0.5) is 0 Å². The molecule has 4 heteroatoms. The first-order valence-corrected chi connectivity index (χ1v) is 7.81. The van der Waals surface area contributed by atoms with Gasteiger partial charge in [0.05, 0.1) is 10.9 Å². The maximum atomic E-state index is 5.18. The molecule has 1 atom stereocenters. The Bertz CT molecular complexity index is 516. The molecule has 1 heterocycles. The van der Waals surface area contributed by atoms with Crippen LogP contribution in [0.5, 0.6) is 5.75 Å². The van der Waals surface area contributed by atoms with Crippen LogP contribution in [0, 0.1) is 6.92 Å². The normalized spacial score (nSPS) is 12.4. The highest BCUT2D eigenvalue weighted by Crippen LogP contribution is 2.32. The topological polar surface area (TPSA) is 21.3 Å². The number of likely N-dealkylation sites (N-methyl/N-ethyl adjacent to an activating group) is 1. The quantitative estimate of drug-likeness (QED) is 0.875. The summed E-state index contributed by atoms with van der Waals surface area (Å²) in [5, 5.41) is 3.39. The predicted molar refractivity (Wildman–Crippen MR) is 85.3 cm³/mol. The largest absolute Gasteiger partial charge is 0.497 e. The van der Waals surface area contributed by atoms with Gasteiger partial charge in [-0.05, 0) is 65.6 Å². The molecule has 2 aromatic rings. The van der Waals surface area contributed by atoms with Crippen molar-refractivity contribution in [2.24, 2.45) is 0 Å². The SMILES string of the molecule is CNC(Cc1ccc(OC)cc1)c1cc(C)c(Br)s1. The fourth-order valence-corrected chi connectivity index (χ4v) is 3.68. The van der Waals surface area contributed by atoms with E-state index in [0.29, 0.717) is 6.04 Å². The van der Waals surface area contributed by atoms with Crippen LogP contribution in [0.15, 0.2) is 34.1 Å². The molecule has 1 aromatic carbocycles. The third-order valence-corrected chi connectivity index (χ3v) is 5.42. The van der Waals surface area contributed by atoms with Gasteiger partial charge in [0.25, 0.3) is 0 Å². The van der Waals surface area contributed by atoms with Gasteiger partial charge >= 0.3 is 0 Å². The number of halogens is 1. The van der Waals surface area contributed by atoms with Crippen LogP contribution < -0.4 is 10.1 Å². The first kappa shape index (κ1) is 14.6. The average Bonchev–Trinajstić information content (AvgIpc) is 2.76. The number of nitrogens with one attached hydrogen (secondary N) is 1. The standard InChI is InChI=1S/C15H18BrNOS/c1-10-8-14(19-15(10)16)13(17-2)9-11-4-6-12(18-3)7-5-11/h4-8,13,17H,9H2,1-3H3. The lowest BCUT2D eigenvalue weighted by Crippen LogP contribution is -2.17. The second-order valence-corrected chi connectivity index (χ2v) is 6.90. The predicted octanol–water partition coefficient (Wildman–Crippen LogP) is 4.33. The lowest BCUT2D eigenvalue weighted by atomic mass is 10.0. The molecule has 0 aliphatic carbocycles. The van der Waals surface area contributed by atoms with Crippen LogP contribution >= 0.6 is 27.3 Å². The number of methoxy groups -OCH3 is 1. The highest BCUT2D eigenvalue weighted by molar-refractivity contribution is 9.11. The van der Waals surface area contributed by atoms with Crippen molar-refractivity contribution in [3.05, 3.63) is 50.1 Å². The minimum Gasteiger partial charge on any atom is -0.497 e. The second-order valence-electron chi connectivity index (χ2n) is 4.50. The Kier molecular flexibility index (Phi) is 5.02. The van der Waals surface area contributed by atoms with Crippen molar-refractivity contribution in [1.82, 2.24) is 5.32 Å². The molecule has 19 heavy (non-hydrogen) atoms. The Morgan fingerprint density at radius 3 is 2.47 bits per heavy atom. The fourth-order valence-electron chi connectivity index (χ4n) is 2.00. The summed E-state index contributed by atoms with van der Waals surface area (Å²) in [6.45, 7) is 2.13.